The molecule has 8 nitrogen and oxygen atoms in total. The number of halogens is 1. The fourth-order valence-electron chi connectivity index (χ4n) is 3.72. The lowest BCUT2D eigenvalue weighted by Crippen LogP contribution is -2.49. The van der Waals surface area contributed by atoms with Crippen LogP contribution in [0.4, 0.5) is 5.82 Å². The van der Waals surface area contributed by atoms with Crippen LogP contribution in [-0.4, -0.2) is 68.3 Å². The molecule has 0 saturated carbocycles. The van der Waals surface area contributed by atoms with Crippen molar-refractivity contribution < 1.29 is 19.0 Å². The molecule has 30 heavy (non-hydrogen) atoms. The Morgan fingerprint density at radius 3 is 2.37 bits per heavy atom. The van der Waals surface area contributed by atoms with Gasteiger partial charge in [-0.25, -0.2) is 4.98 Å². The standard InChI is InChI=1S/C21H23ClN4O4/c1-28-16-11-17(29-2)20(30-3)19-14(16)10-15(24-19)21(27)26-8-6-25(7-9-26)18-5-4-13(22)12-23-18/h4-5,10-12,24H,6-9H2,1-3H3. The lowest BCUT2D eigenvalue weighted by atomic mass is 10.2. The van der Waals surface area contributed by atoms with Gasteiger partial charge >= 0.3 is 0 Å². The van der Waals surface area contributed by atoms with Crippen LogP contribution >= 0.6 is 11.6 Å². The Balaban J connectivity index is 1.56. The van der Waals surface area contributed by atoms with Gasteiger partial charge in [0.05, 0.1) is 31.9 Å². The molecule has 0 radical (unpaired) electrons. The van der Waals surface area contributed by atoms with E-state index in [1.807, 2.05) is 17.0 Å². The Morgan fingerprint density at radius 1 is 1.03 bits per heavy atom. The highest BCUT2D eigenvalue weighted by Crippen LogP contribution is 2.41. The number of fused-ring (bicyclic) bond motifs is 1. The monoisotopic (exact) mass is 430 g/mol. The van der Waals surface area contributed by atoms with Gasteiger partial charge in [-0.05, 0) is 18.2 Å². The number of amides is 1. The van der Waals surface area contributed by atoms with Gasteiger partial charge in [-0.15, -0.1) is 0 Å². The number of carbonyl (C=O) groups excluding carboxylic acids is 1. The smallest absolute Gasteiger partial charge is 0.270 e. The number of aromatic amines is 1. The average molecular weight is 431 g/mol. The number of rotatable bonds is 5. The van der Waals surface area contributed by atoms with Crippen molar-refractivity contribution in [3.8, 4) is 17.2 Å². The largest absolute Gasteiger partial charge is 0.496 e. The highest BCUT2D eigenvalue weighted by atomic mass is 35.5. The molecule has 3 heterocycles. The zero-order valence-corrected chi connectivity index (χ0v) is 17.8. The summed E-state index contributed by atoms with van der Waals surface area (Å²) in [7, 11) is 4.71. The number of piperazine rings is 1. The minimum absolute atomic E-state index is 0.0713. The summed E-state index contributed by atoms with van der Waals surface area (Å²) in [5.41, 5.74) is 1.15. The van der Waals surface area contributed by atoms with Gasteiger partial charge in [0.25, 0.3) is 5.91 Å². The van der Waals surface area contributed by atoms with Gasteiger partial charge in [-0.2, -0.15) is 0 Å². The van der Waals surface area contributed by atoms with E-state index in [0.717, 1.165) is 11.2 Å². The first-order chi connectivity index (χ1) is 14.5. The quantitative estimate of drug-likeness (QED) is 0.669. The topological polar surface area (TPSA) is 79.9 Å². The van der Waals surface area contributed by atoms with E-state index in [2.05, 4.69) is 14.9 Å². The molecule has 0 atom stereocenters. The van der Waals surface area contributed by atoms with Crippen LogP contribution < -0.4 is 19.1 Å². The fourth-order valence-corrected chi connectivity index (χ4v) is 3.83. The summed E-state index contributed by atoms with van der Waals surface area (Å²) < 4.78 is 16.4. The maximum atomic E-state index is 13.1. The number of hydrogen-bond acceptors (Lipinski definition) is 6. The van der Waals surface area contributed by atoms with Gasteiger partial charge in [0.2, 0.25) is 0 Å². The third-order valence-electron chi connectivity index (χ3n) is 5.27. The lowest BCUT2D eigenvalue weighted by molar-refractivity contribution is 0.0741. The van der Waals surface area contributed by atoms with E-state index in [1.54, 1.807) is 39.7 Å². The summed E-state index contributed by atoms with van der Waals surface area (Å²) in [6, 6.07) is 7.26. The van der Waals surface area contributed by atoms with Crippen LogP contribution in [0.5, 0.6) is 17.2 Å². The third-order valence-corrected chi connectivity index (χ3v) is 5.50. The molecular formula is C21H23ClN4O4. The molecule has 4 rings (SSSR count). The van der Waals surface area contributed by atoms with Gasteiger partial charge < -0.3 is 29.0 Å². The van der Waals surface area contributed by atoms with E-state index in [-0.39, 0.29) is 5.91 Å². The molecule has 0 aliphatic carbocycles. The summed E-state index contributed by atoms with van der Waals surface area (Å²) in [4.78, 5) is 24.7. The van der Waals surface area contributed by atoms with Gasteiger partial charge in [0.15, 0.2) is 11.5 Å². The molecule has 0 bridgehead atoms. The first-order valence-corrected chi connectivity index (χ1v) is 9.91. The number of benzene rings is 1. The van der Waals surface area contributed by atoms with Gasteiger partial charge in [-0.3, -0.25) is 4.79 Å². The van der Waals surface area contributed by atoms with Crippen LogP contribution in [0.2, 0.25) is 5.02 Å². The van der Waals surface area contributed by atoms with Crippen molar-refractivity contribution in [2.45, 2.75) is 0 Å². The summed E-state index contributed by atoms with van der Waals surface area (Å²) in [5, 5.41) is 1.37. The van der Waals surface area contributed by atoms with Crippen molar-refractivity contribution in [1.29, 1.82) is 0 Å². The van der Waals surface area contributed by atoms with Crippen molar-refractivity contribution in [3.05, 3.63) is 41.2 Å². The number of carbonyl (C=O) groups is 1. The van der Waals surface area contributed by atoms with E-state index in [0.29, 0.717) is 59.7 Å². The minimum atomic E-state index is -0.0713. The van der Waals surface area contributed by atoms with Crippen LogP contribution in [-0.2, 0) is 0 Å². The molecule has 1 aliphatic heterocycles. The number of aromatic nitrogens is 2. The van der Waals surface area contributed by atoms with E-state index >= 15 is 0 Å². The molecule has 1 saturated heterocycles. The van der Waals surface area contributed by atoms with E-state index in [4.69, 9.17) is 25.8 Å². The first-order valence-electron chi connectivity index (χ1n) is 9.53. The molecule has 1 N–H and O–H groups in total. The predicted molar refractivity (Wildman–Crippen MR) is 115 cm³/mol. The minimum Gasteiger partial charge on any atom is -0.496 e. The number of anilines is 1. The number of nitrogens with zero attached hydrogens (tertiary/aromatic N) is 3. The Hall–Kier alpha value is -3.13. The second-order valence-corrected chi connectivity index (χ2v) is 7.34. The summed E-state index contributed by atoms with van der Waals surface area (Å²) in [6.07, 6.45) is 1.63. The molecule has 0 unspecified atom stereocenters. The summed E-state index contributed by atoms with van der Waals surface area (Å²) in [6.45, 7) is 2.58. The lowest BCUT2D eigenvalue weighted by Gasteiger charge is -2.35. The van der Waals surface area contributed by atoms with Crippen LogP contribution in [0.15, 0.2) is 30.5 Å². The highest BCUT2D eigenvalue weighted by molar-refractivity contribution is 6.30. The van der Waals surface area contributed by atoms with Crippen molar-refractivity contribution in [3.63, 3.8) is 0 Å². The molecule has 0 spiro atoms. The van der Waals surface area contributed by atoms with E-state index in [1.165, 1.54) is 0 Å². The van der Waals surface area contributed by atoms with Gasteiger partial charge in [-0.1, -0.05) is 11.6 Å². The molecule has 3 aromatic rings. The predicted octanol–water partition coefficient (Wildman–Crippen LogP) is 3.20. The van der Waals surface area contributed by atoms with Crippen molar-refractivity contribution in [2.75, 3.05) is 52.4 Å². The Bertz CT molecular complexity index is 1060. The van der Waals surface area contributed by atoms with E-state index < -0.39 is 0 Å². The average Bonchev–Trinajstić information content (AvgIpc) is 3.23. The molecule has 1 aliphatic rings. The number of pyridine rings is 1. The highest BCUT2D eigenvalue weighted by Gasteiger charge is 2.26. The second kappa shape index (κ2) is 8.31. The SMILES string of the molecule is COc1cc(OC)c2cc(C(=O)N3CCN(c4ccc(Cl)cn4)CC3)[nH]c2c1OC. The molecular weight excluding hydrogens is 408 g/mol. The van der Waals surface area contributed by atoms with Crippen LogP contribution in [0.1, 0.15) is 10.5 Å². The van der Waals surface area contributed by atoms with Gasteiger partial charge in [0.1, 0.15) is 17.3 Å². The maximum Gasteiger partial charge on any atom is 0.270 e. The Kier molecular flexibility index (Phi) is 5.59. The van der Waals surface area contributed by atoms with Crippen LogP contribution in [0, 0.1) is 0 Å². The van der Waals surface area contributed by atoms with Crippen molar-refractivity contribution in [2.24, 2.45) is 0 Å². The zero-order chi connectivity index (χ0) is 21.3. The number of ether oxygens (including phenoxy) is 3. The molecule has 158 valence electrons. The summed E-state index contributed by atoms with van der Waals surface area (Å²) in [5.74, 6) is 2.46. The maximum absolute atomic E-state index is 13.1. The second-order valence-electron chi connectivity index (χ2n) is 6.90. The normalized spacial score (nSPS) is 14.1. The molecule has 1 fully saturated rings. The molecule has 9 heteroatoms. The first kappa shape index (κ1) is 20.2. The molecule has 1 amide bonds. The van der Waals surface area contributed by atoms with E-state index in [9.17, 15) is 4.79 Å². The molecule has 1 aromatic carbocycles. The fraction of sp³-hybridized carbons (Fsp3) is 0.333. The zero-order valence-electron chi connectivity index (χ0n) is 17.1. The number of methoxy groups -OCH3 is 3. The molecule has 2 aromatic heterocycles. The Labute approximate surface area is 179 Å². The number of hydrogen-bond donors (Lipinski definition) is 1. The third kappa shape index (κ3) is 3.59. The van der Waals surface area contributed by atoms with Crippen LogP contribution in [0.3, 0.4) is 0 Å². The number of H-pyrrole nitrogens is 1. The van der Waals surface area contributed by atoms with Crippen molar-refractivity contribution >= 4 is 34.2 Å². The number of nitrogens with one attached hydrogen (secondary N) is 1. The van der Waals surface area contributed by atoms with Gasteiger partial charge in [0, 0.05) is 43.8 Å². The van der Waals surface area contributed by atoms with Crippen LogP contribution in [0.25, 0.3) is 10.9 Å². The summed E-state index contributed by atoms with van der Waals surface area (Å²) >= 11 is 5.92. The Morgan fingerprint density at radius 2 is 1.77 bits per heavy atom. The van der Waals surface area contributed by atoms with Crippen molar-refractivity contribution in [1.82, 2.24) is 14.9 Å².